The Labute approximate surface area is 186 Å². The molecule has 7 nitrogen and oxygen atoms in total. The van der Waals surface area contributed by atoms with Crippen molar-refractivity contribution in [1.29, 1.82) is 0 Å². The predicted molar refractivity (Wildman–Crippen MR) is 121 cm³/mol. The minimum absolute atomic E-state index is 0.173. The maximum atomic E-state index is 14.7. The Morgan fingerprint density at radius 3 is 2.69 bits per heavy atom. The zero-order valence-electron chi connectivity index (χ0n) is 18.8. The van der Waals surface area contributed by atoms with Crippen LogP contribution in [0.3, 0.4) is 0 Å². The van der Waals surface area contributed by atoms with E-state index in [4.69, 9.17) is 4.74 Å². The zero-order valence-corrected chi connectivity index (χ0v) is 18.8. The smallest absolute Gasteiger partial charge is 0.223 e. The van der Waals surface area contributed by atoms with Crippen molar-refractivity contribution in [1.82, 2.24) is 15.0 Å². The minimum Gasteiger partial charge on any atom is -0.389 e. The first-order valence-corrected chi connectivity index (χ1v) is 10.9. The molecule has 1 aromatic carbocycles. The molecule has 8 heteroatoms. The van der Waals surface area contributed by atoms with Gasteiger partial charge in [-0.05, 0) is 49.9 Å². The zero-order chi connectivity index (χ0) is 23.0. The Morgan fingerprint density at radius 2 is 2.00 bits per heavy atom. The quantitative estimate of drug-likeness (QED) is 0.556. The number of benzene rings is 1. The van der Waals surface area contributed by atoms with Gasteiger partial charge in [0.05, 0.1) is 36.2 Å². The number of ether oxygens (including phenoxy) is 1. The number of fused-ring (bicyclic) bond motifs is 1. The molecule has 3 aromatic rings. The minimum atomic E-state index is -1.06. The van der Waals surface area contributed by atoms with Gasteiger partial charge in [0.25, 0.3) is 0 Å². The van der Waals surface area contributed by atoms with Crippen molar-refractivity contribution < 1.29 is 19.3 Å². The number of aliphatic hydroxyl groups excluding tert-OH is 1. The van der Waals surface area contributed by atoms with Crippen LogP contribution < -0.4 is 5.32 Å². The number of pyridine rings is 1. The fraction of sp³-hybridized carbons (Fsp3) is 0.458. The number of hydrogen-bond donors (Lipinski definition) is 3. The van der Waals surface area contributed by atoms with E-state index in [1.165, 1.54) is 0 Å². The van der Waals surface area contributed by atoms with Crippen molar-refractivity contribution in [3.8, 4) is 11.3 Å². The Bertz CT molecular complexity index is 1130. The number of anilines is 1. The number of halogens is 1. The van der Waals surface area contributed by atoms with Gasteiger partial charge in [-0.2, -0.15) is 0 Å². The lowest BCUT2D eigenvalue weighted by Crippen LogP contribution is -2.42. The molecular formula is C24H29FN4O3. The van der Waals surface area contributed by atoms with Crippen LogP contribution in [0, 0.1) is 5.82 Å². The topological polar surface area (TPSA) is 100 Å². The first-order valence-electron chi connectivity index (χ1n) is 10.9. The number of nitrogens with zero attached hydrogens (tertiary/aromatic N) is 3. The summed E-state index contributed by atoms with van der Waals surface area (Å²) in [4.78, 5) is 13.1. The van der Waals surface area contributed by atoms with E-state index in [-0.39, 0.29) is 30.2 Å². The summed E-state index contributed by atoms with van der Waals surface area (Å²) in [5, 5.41) is 24.5. The molecule has 170 valence electrons. The molecule has 1 aliphatic rings. The van der Waals surface area contributed by atoms with E-state index in [1.54, 1.807) is 19.9 Å². The third-order valence-electron chi connectivity index (χ3n) is 5.75. The predicted octanol–water partition coefficient (Wildman–Crippen LogP) is 3.74. The molecule has 0 bridgehead atoms. The fourth-order valence-electron chi connectivity index (χ4n) is 3.89. The van der Waals surface area contributed by atoms with Crippen molar-refractivity contribution >= 4 is 16.9 Å². The lowest BCUT2D eigenvalue weighted by atomic mass is 9.93. The molecule has 3 heterocycles. The van der Waals surface area contributed by atoms with Gasteiger partial charge in [-0.15, -0.1) is 0 Å². The van der Waals surface area contributed by atoms with Crippen LogP contribution in [-0.4, -0.2) is 50.5 Å². The maximum Gasteiger partial charge on any atom is 0.223 e. The Hall–Kier alpha value is -2.68. The molecule has 0 radical (unpaired) electrons. The van der Waals surface area contributed by atoms with Gasteiger partial charge in [-0.1, -0.05) is 19.9 Å². The summed E-state index contributed by atoms with van der Waals surface area (Å²) >= 11 is 0. The summed E-state index contributed by atoms with van der Waals surface area (Å²) in [7, 11) is 0. The molecule has 4 rings (SSSR count). The fourth-order valence-corrected chi connectivity index (χ4v) is 3.89. The second-order valence-electron chi connectivity index (χ2n) is 9.11. The third kappa shape index (κ3) is 4.57. The van der Waals surface area contributed by atoms with Gasteiger partial charge in [0.2, 0.25) is 5.95 Å². The van der Waals surface area contributed by atoms with Crippen molar-refractivity contribution in [3.05, 3.63) is 47.5 Å². The van der Waals surface area contributed by atoms with Crippen LogP contribution in [0.25, 0.3) is 22.2 Å². The van der Waals surface area contributed by atoms with Crippen molar-refractivity contribution in [2.75, 3.05) is 18.5 Å². The van der Waals surface area contributed by atoms with Crippen LogP contribution in [0.15, 0.2) is 30.5 Å². The summed E-state index contributed by atoms with van der Waals surface area (Å²) in [5.41, 5.74) is 2.06. The average Bonchev–Trinajstić information content (AvgIpc) is 2.74. The maximum absolute atomic E-state index is 14.7. The molecule has 2 atom stereocenters. The van der Waals surface area contributed by atoms with Crippen LogP contribution in [-0.2, 0) is 10.3 Å². The SMILES string of the molecule is CC(C)c1cc(C(C)(C)O)nc2ccc(-c3nc(N[C@@H]4CCOC[C@H]4O)ncc3F)cc12. The van der Waals surface area contributed by atoms with Gasteiger partial charge in [-0.25, -0.2) is 19.3 Å². The molecule has 1 saturated heterocycles. The van der Waals surface area contributed by atoms with E-state index in [2.05, 4.69) is 34.1 Å². The average molecular weight is 441 g/mol. The highest BCUT2D eigenvalue weighted by Gasteiger charge is 2.25. The second-order valence-corrected chi connectivity index (χ2v) is 9.11. The van der Waals surface area contributed by atoms with Crippen LogP contribution in [0.2, 0.25) is 0 Å². The summed E-state index contributed by atoms with van der Waals surface area (Å²) < 4.78 is 20.0. The number of hydrogen-bond acceptors (Lipinski definition) is 7. The number of nitrogens with one attached hydrogen (secondary N) is 1. The van der Waals surface area contributed by atoms with E-state index in [0.717, 1.165) is 22.7 Å². The number of aromatic nitrogens is 3. The first kappa shape index (κ1) is 22.5. The summed E-state index contributed by atoms with van der Waals surface area (Å²) in [6, 6.07) is 7.13. The third-order valence-corrected chi connectivity index (χ3v) is 5.75. The van der Waals surface area contributed by atoms with Gasteiger partial charge < -0.3 is 20.3 Å². The van der Waals surface area contributed by atoms with E-state index >= 15 is 0 Å². The van der Waals surface area contributed by atoms with Crippen molar-refractivity contribution in [2.45, 2.75) is 57.8 Å². The molecule has 2 aromatic heterocycles. The summed E-state index contributed by atoms with van der Waals surface area (Å²) in [6.45, 7) is 8.34. The molecule has 0 spiro atoms. The Balaban J connectivity index is 1.75. The lowest BCUT2D eigenvalue weighted by molar-refractivity contribution is -0.0136. The van der Waals surface area contributed by atoms with Gasteiger partial charge in [-0.3, -0.25) is 0 Å². The highest BCUT2D eigenvalue weighted by Crippen LogP contribution is 2.32. The number of aliphatic hydroxyl groups is 2. The molecule has 32 heavy (non-hydrogen) atoms. The van der Waals surface area contributed by atoms with Crippen LogP contribution in [0.5, 0.6) is 0 Å². The Kier molecular flexibility index (Phi) is 6.11. The summed E-state index contributed by atoms with van der Waals surface area (Å²) in [6.07, 6.45) is 1.07. The monoisotopic (exact) mass is 440 g/mol. The van der Waals surface area contributed by atoms with Gasteiger partial charge in [0, 0.05) is 17.6 Å². The van der Waals surface area contributed by atoms with Crippen LogP contribution >= 0.6 is 0 Å². The van der Waals surface area contributed by atoms with E-state index in [9.17, 15) is 14.6 Å². The van der Waals surface area contributed by atoms with Gasteiger partial charge in [0.1, 0.15) is 11.3 Å². The second kappa shape index (κ2) is 8.69. The van der Waals surface area contributed by atoms with Gasteiger partial charge >= 0.3 is 0 Å². The molecule has 1 fully saturated rings. The summed E-state index contributed by atoms with van der Waals surface area (Å²) in [5.74, 6) is -0.0963. The molecular weight excluding hydrogens is 411 g/mol. The molecule has 0 amide bonds. The van der Waals surface area contributed by atoms with E-state index < -0.39 is 17.5 Å². The van der Waals surface area contributed by atoms with Gasteiger partial charge in [0.15, 0.2) is 5.82 Å². The molecule has 0 unspecified atom stereocenters. The lowest BCUT2D eigenvalue weighted by Gasteiger charge is -2.28. The highest BCUT2D eigenvalue weighted by molar-refractivity contribution is 5.87. The van der Waals surface area contributed by atoms with E-state index in [0.29, 0.717) is 24.3 Å². The largest absolute Gasteiger partial charge is 0.389 e. The molecule has 1 aliphatic heterocycles. The standard InChI is InChI=1S/C24H29FN4O3/c1-13(2)15-10-21(24(3,4)31)27-18-6-5-14(9-16(15)18)22-17(25)11-26-23(29-22)28-19-7-8-32-12-20(19)30/h5-6,9-11,13,19-20,30-31H,7-8,12H2,1-4H3,(H,26,28,29)/t19-,20-/m1/s1. The normalized spacial score (nSPS) is 19.5. The molecule has 0 aliphatic carbocycles. The van der Waals surface area contributed by atoms with Crippen LogP contribution in [0.1, 0.15) is 51.3 Å². The Morgan fingerprint density at radius 1 is 1.22 bits per heavy atom. The number of rotatable bonds is 5. The van der Waals surface area contributed by atoms with Crippen molar-refractivity contribution in [3.63, 3.8) is 0 Å². The first-order chi connectivity index (χ1) is 15.1. The van der Waals surface area contributed by atoms with Crippen molar-refractivity contribution in [2.24, 2.45) is 0 Å². The molecule has 0 saturated carbocycles. The highest BCUT2D eigenvalue weighted by atomic mass is 19.1. The molecule has 3 N–H and O–H groups in total. The van der Waals surface area contributed by atoms with Crippen LogP contribution in [0.4, 0.5) is 10.3 Å². The van der Waals surface area contributed by atoms with E-state index in [1.807, 2.05) is 18.2 Å².